The zero-order chi connectivity index (χ0) is 47.5. The predicted molar refractivity (Wildman–Crippen MR) is 314 cm³/mol. The van der Waals surface area contributed by atoms with Crippen molar-refractivity contribution in [1.82, 2.24) is 0 Å². The molecule has 412 valence electrons. The average molecular weight is 1210 g/mol. The van der Waals surface area contributed by atoms with E-state index >= 15 is 0 Å². The van der Waals surface area contributed by atoms with Gasteiger partial charge in [-0.2, -0.15) is 0 Å². The fourth-order valence-corrected chi connectivity index (χ4v) is 15.9. The van der Waals surface area contributed by atoms with E-state index in [1.54, 1.807) is 89.9 Å². The zero-order valence-corrected chi connectivity index (χ0v) is 56.5. The molecule has 15 unspecified atom stereocenters. The molecular formula is C63H124Cl4Zr2. The fourth-order valence-electron chi connectivity index (χ4n) is 15.9. The van der Waals surface area contributed by atoms with Crippen molar-refractivity contribution in [2.75, 3.05) is 0 Å². The van der Waals surface area contributed by atoms with Crippen molar-refractivity contribution in [2.45, 2.75) is 270 Å². The average Bonchev–Trinajstić information content (AvgIpc) is 4.05. The first-order chi connectivity index (χ1) is 30.4. The summed E-state index contributed by atoms with van der Waals surface area (Å²) in [5, 5.41) is 0. The third-order valence-corrected chi connectivity index (χ3v) is 20.2. The van der Waals surface area contributed by atoms with Crippen LogP contribution in [-0.2, 0) is 41.7 Å². The van der Waals surface area contributed by atoms with Crippen LogP contribution in [0.3, 0.4) is 0 Å². The monoisotopic (exact) mass is 1200 g/mol. The molecule has 6 heteroatoms. The first-order valence-electron chi connectivity index (χ1n) is 28.4. The maximum absolute atomic E-state index is 4.93. The molecule has 0 aromatic rings. The Hall–Kier alpha value is 2.93. The molecule has 0 aromatic heterocycles. The minimum absolute atomic E-state index is 0. The van der Waals surface area contributed by atoms with Crippen LogP contribution in [0.25, 0.3) is 0 Å². The Balaban J connectivity index is -0.000000831. The Bertz CT molecular complexity index is 1130. The van der Waals surface area contributed by atoms with Crippen LogP contribution in [0.2, 0.25) is 0 Å². The second-order valence-corrected chi connectivity index (χ2v) is 33.5. The van der Waals surface area contributed by atoms with Gasteiger partial charge < -0.3 is 29.7 Å². The van der Waals surface area contributed by atoms with E-state index in [0.717, 1.165) is 88.8 Å². The van der Waals surface area contributed by atoms with Gasteiger partial charge >= 0.3 is 75.7 Å². The van der Waals surface area contributed by atoms with Crippen LogP contribution in [0.5, 0.6) is 0 Å². The van der Waals surface area contributed by atoms with E-state index in [9.17, 15) is 0 Å². The third kappa shape index (κ3) is 26.0. The van der Waals surface area contributed by atoms with Crippen LogP contribution in [0.1, 0.15) is 270 Å². The van der Waals surface area contributed by atoms with Crippen LogP contribution < -0.4 is 0 Å². The molecule has 0 spiro atoms. The molecule has 0 amide bonds. The van der Waals surface area contributed by atoms with Gasteiger partial charge in [0.25, 0.3) is 0 Å². The summed E-state index contributed by atoms with van der Waals surface area (Å²) in [4.78, 5) is 0. The summed E-state index contributed by atoms with van der Waals surface area (Å²) in [6.07, 6.45) is 42.8. The molecule has 0 saturated heterocycles. The first kappa shape index (κ1) is 76.2. The van der Waals surface area contributed by atoms with Crippen molar-refractivity contribution < 1.29 is 41.7 Å². The topological polar surface area (TPSA) is 0 Å². The molecule has 0 aliphatic heterocycles. The Morgan fingerprint density at radius 2 is 0.768 bits per heavy atom. The minimum atomic E-state index is -0.826. The van der Waals surface area contributed by atoms with Gasteiger partial charge in [-0.1, -0.05) is 193 Å². The molecule has 15 atom stereocenters. The number of fused-ring (bicyclic) bond motifs is 6. The number of hydrogen-bond acceptors (Lipinski definition) is 0. The number of hydrogen-bond donors (Lipinski definition) is 0. The van der Waals surface area contributed by atoms with Gasteiger partial charge in [0.2, 0.25) is 0 Å². The molecule has 69 heavy (non-hydrogen) atoms. The summed E-state index contributed by atoms with van der Waals surface area (Å²) >= 11 is -1.65. The molecule has 0 nitrogen and oxygen atoms in total. The van der Waals surface area contributed by atoms with E-state index in [-0.39, 0.29) is 37.1 Å². The molecule has 8 aliphatic rings. The van der Waals surface area contributed by atoms with E-state index in [1.807, 2.05) is 0 Å². The van der Waals surface area contributed by atoms with Gasteiger partial charge in [0.05, 0.1) is 0 Å². The Kier molecular flexibility index (Phi) is 44.3. The number of halogens is 4. The number of unbranched alkanes of at least 4 members (excludes halogenated alkanes) is 4. The van der Waals surface area contributed by atoms with Crippen molar-refractivity contribution >= 4 is 34.1 Å². The molecule has 0 aromatic carbocycles. The molecule has 8 saturated carbocycles. The van der Waals surface area contributed by atoms with Crippen LogP contribution >= 0.6 is 34.1 Å². The summed E-state index contributed by atoms with van der Waals surface area (Å²) in [6.45, 7) is 29.0. The van der Waals surface area contributed by atoms with Crippen LogP contribution in [0.15, 0.2) is 0 Å². The van der Waals surface area contributed by atoms with Crippen LogP contribution in [0, 0.1) is 135 Å². The van der Waals surface area contributed by atoms with Gasteiger partial charge in [-0.3, -0.25) is 0 Å². The Labute approximate surface area is 476 Å². The molecule has 0 heterocycles. The summed E-state index contributed by atoms with van der Waals surface area (Å²) in [5.41, 5.74) is 1.07. The SMILES string of the molecule is C.CC(C)(C)C1CCC2C(CC3CC(C(C)(C)C)CCC32)C1.CC1CC(C)C(C)C1C.CCCCC1CCCC1.CCCCCCC1CCC2C(C1)CC1CCCCC12.[CH3-].[CH3-].[CH3-].[CH3-].[Cl][Zr+2][Cl].[Cl][Zr+2][Cl]. The number of rotatable bonds is 8. The van der Waals surface area contributed by atoms with Gasteiger partial charge in [0, 0.05) is 0 Å². The predicted octanol–water partition coefficient (Wildman–Crippen LogP) is 24.2. The Morgan fingerprint density at radius 3 is 1.19 bits per heavy atom. The molecule has 0 N–H and O–H groups in total. The second kappa shape index (κ2) is 40.2. The van der Waals surface area contributed by atoms with Crippen molar-refractivity contribution in [3.63, 3.8) is 0 Å². The van der Waals surface area contributed by atoms with E-state index in [0.29, 0.717) is 10.8 Å². The van der Waals surface area contributed by atoms with E-state index in [4.69, 9.17) is 34.1 Å². The summed E-state index contributed by atoms with van der Waals surface area (Å²) < 4.78 is 0. The standard InChI is InChI=1S/C21H38.C19H34.2C9H18.CH4.4CH3.4ClH.2Zr/c1-20(2,3)16-7-9-18-14(12-16)11-15-13-17(21(4,5)6)8-10-19(15)18;1-2-3-4-5-8-15-11-12-19-17(13-15)14-16-9-6-7-10-18(16)19;1-6-5-7(2)9(4)8(6)3;1-2-3-6-9-7-4-5-8-9;;;;;;;;;;;/h14-19H,7-13H2,1-6H3;15-19H,2-14H2,1H3;6-9H,5H2,1-4H3;9H,2-8H2,1H3;1H4;4*1H3;4*1H;;/q;;;;;4*-1;;;;;2*+4/p-4. The summed E-state index contributed by atoms with van der Waals surface area (Å²) in [7, 11) is 19.7. The summed E-state index contributed by atoms with van der Waals surface area (Å²) in [5.74, 6) is 17.1. The van der Waals surface area contributed by atoms with Gasteiger partial charge in [-0.15, -0.1) is 0 Å². The van der Waals surface area contributed by atoms with Crippen molar-refractivity contribution in [2.24, 2.45) is 106 Å². The normalized spacial score (nSPS) is 34.8. The Morgan fingerprint density at radius 1 is 0.391 bits per heavy atom. The van der Waals surface area contributed by atoms with Gasteiger partial charge in [-0.05, 0) is 183 Å². The van der Waals surface area contributed by atoms with Gasteiger partial charge in [0.1, 0.15) is 0 Å². The van der Waals surface area contributed by atoms with Crippen molar-refractivity contribution in [3.8, 4) is 0 Å². The molecular weight excluding hydrogens is 1080 g/mol. The quantitative estimate of drug-likeness (QED) is 0.168. The van der Waals surface area contributed by atoms with Gasteiger partial charge in [0.15, 0.2) is 0 Å². The molecule has 0 radical (unpaired) electrons. The molecule has 0 bridgehead atoms. The summed E-state index contributed by atoms with van der Waals surface area (Å²) in [6, 6.07) is 0. The van der Waals surface area contributed by atoms with Crippen LogP contribution in [0.4, 0.5) is 0 Å². The molecule has 8 fully saturated rings. The second-order valence-electron chi connectivity index (χ2n) is 26.1. The molecule has 8 rings (SSSR count). The van der Waals surface area contributed by atoms with Crippen molar-refractivity contribution in [1.29, 1.82) is 0 Å². The van der Waals surface area contributed by atoms with E-state index in [1.165, 1.54) is 95.8 Å². The van der Waals surface area contributed by atoms with Crippen LogP contribution in [-0.4, -0.2) is 0 Å². The fraction of sp³-hybridized carbons (Fsp3) is 0.937. The first-order valence-corrected chi connectivity index (χ1v) is 41.0. The van der Waals surface area contributed by atoms with Crippen molar-refractivity contribution in [3.05, 3.63) is 29.7 Å². The van der Waals surface area contributed by atoms with Gasteiger partial charge in [-0.25, -0.2) is 0 Å². The third-order valence-electron chi connectivity index (χ3n) is 20.2. The zero-order valence-electron chi connectivity index (χ0n) is 48.5. The van der Waals surface area contributed by atoms with E-state index < -0.39 is 41.7 Å². The maximum atomic E-state index is 4.93. The van der Waals surface area contributed by atoms with E-state index in [2.05, 4.69) is 83.1 Å². The molecule has 8 aliphatic carbocycles.